The van der Waals surface area contributed by atoms with Crippen molar-refractivity contribution in [3.05, 3.63) is 65.7 Å². The van der Waals surface area contributed by atoms with Crippen LogP contribution in [0.2, 0.25) is 0 Å². The number of fused-ring (bicyclic) bond motifs is 1. The van der Waals surface area contributed by atoms with Gasteiger partial charge in [0.1, 0.15) is 0 Å². The summed E-state index contributed by atoms with van der Waals surface area (Å²) >= 11 is 0. The van der Waals surface area contributed by atoms with Crippen LogP contribution in [0.25, 0.3) is 5.70 Å². The van der Waals surface area contributed by atoms with Crippen molar-refractivity contribution in [2.24, 2.45) is 0 Å². The number of likely N-dealkylation sites (tertiary alicyclic amines) is 1. The van der Waals surface area contributed by atoms with Crippen LogP contribution >= 0.6 is 0 Å². The maximum Gasteiger partial charge on any atom is 0.264 e. The van der Waals surface area contributed by atoms with Gasteiger partial charge in [0.2, 0.25) is 0 Å². The number of hydrogen-bond donors (Lipinski definition) is 0. The van der Waals surface area contributed by atoms with Crippen LogP contribution in [0, 0.1) is 6.92 Å². The molecule has 0 bridgehead atoms. The number of para-hydroxylation sites is 1. The molecule has 2 aromatic rings. The van der Waals surface area contributed by atoms with E-state index >= 15 is 0 Å². The smallest absolute Gasteiger partial charge is 0.264 e. The fourth-order valence-electron chi connectivity index (χ4n) is 3.61. The molecule has 2 aliphatic heterocycles. The summed E-state index contributed by atoms with van der Waals surface area (Å²) < 4.78 is 27.9. The number of nitrogens with zero attached hydrogens (tertiary/aromatic N) is 2. The summed E-state index contributed by atoms with van der Waals surface area (Å²) in [6.07, 6.45) is 4.45. The van der Waals surface area contributed by atoms with Crippen molar-refractivity contribution in [1.82, 2.24) is 4.90 Å². The molecule has 2 heterocycles. The largest absolute Gasteiger partial charge is 0.371 e. The lowest BCUT2D eigenvalue weighted by Gasteiger charge is -2.33. The predicted molar refractivity (Wildman–Crippen MR) is 101 cm³/mol. The molecule has 1 fully saturated rings. The zero-order valence-corrected chi connectivity index (χ0v) is 15.2. The Hall–Kier alpha value is -2.27. The standard InChI is InChI=1S/C20H22N2O2S/c1-16-8-10-17(11-9-16)25(23,24)22-15-12-19(21-13-4-5-14-21)18-6-2-3-7-20(18)22/h2-3,6-12H,4-5,13-15H2,1H3. The molecule has 1 saturated heterocycles. The van der Waals surface area contributed by atoms with Crippen LogP contribution in [0.4, 0.5) is 5.69 Å². The third-order valence-corrected chi connectivity index (χ3v) is 6.75. The molecule has 0 atom stereocenters. The molecule has 25 heavy (non-hydrogen) atoms. The van der Waals surface area contributed by atoms with Crippen molar-refractivity contribution in [2.45, 2.75) is 24.7 Å². The number of anilines is 1. The molecule has 0 N–H and O–H groups in total. The van der Waals surface area contributed by atoms with Crippen molar-refractivity contribution in [3.63, 3.8) is 0 Å². The summed E-state index contributed by atoms with van der Waals surface area (Å²) in [5.74, 6) is 0. The van der Waals surface area contributed by atoms with E-state index in [1.807, 2.05) is 43.3 Å². The Morgan fingerprint density at radius 2 is 1.60 bits per heavy atom. The summed E-state index contributed by atoms with van der Waals surface area (Å²) in [6, 6.07) is 14.9. The second-order valence-electron chi connectivity index (χ2n) is 6.65. The number of hydrogen-bond acceptors (Lipinski definition) is 3. The van der Waals surface area contributed by atoms with Crippen LogP contribution in [0.5, 0.6) is 0 Å². The predicted octanol–water partition coefficient (Wildman–Crippen LogP) is 3.64. The zero-order chi connectivity index (χ0) is 17.4. The minimum absolute atomic E-state index is 0.339. The van der Waals surface area contributed by atoms with Crippen molar-refractivity contribution in [2.75, 3.05) is 23.9 Å². The number of sulfonamides is 1. The van der Waals surface area contributed by atoms with Gasteiger partial charge in [-0.15, -0.1) is 0 Å². The average molecular weight is 354 g/mol. The maximum absolute atomic E-state index is 13.2. The van der Waals surface area contributed by atoms with E-state index in [2.05, 4.69) is 11.0 Å². The van der Waals surface area contributed by atoms with Gasteiger partial charge in [-0.1, -0.05) is 35.9 Å². The number of rotatable bonds is 3. The molecule has 130 valence electrons. The molecule has 0 radical (unpaired) electrons. The maximum atomic E-state index is 13.2. The first-order valence-electron chi connectivity index (χ1n) is 8.71. The van der Waals surface area contributed by atoms with E-state index in [1.165, 1.54) is 22.8 Å². The van der Waals surface area contributed by atoms with Gasteiger partial charge in [0, 0.05) is 24.4 Å². The van der Waals surface area contributed by atoms with Crippen molar-refractivity contribution >= 4 is 21.4 Å². The second-order valence-corrected chi connectivity index (χ2v) is 8.51. The van der Waals surface area contributed by atoms with Crippen molar-refractivity contribution in [1.29, 1.82) is 0 Å². The van der Waals surface area contributed by atoms with Crippen LogP contribution < -0.4 is 4.31 Å². The number of aryl methyl sites for hydroxylation is 1. The highest BCUT2D eigenvalue weighted by Gasteiger charge is 2.31. The first-order valence-corrected chi connectivity index (χ1v) is 10.2. The molecule has 0 saturated carbocycles. The lowest BCUT2D eigenvalue weighted by molar-refractivity contribution is 0.491. The fourth-order valence-corrected chi connectivity index (χ4v) is 5.03. The highest BCUT2D eigenvalue weighted by Crippen LogP contribution is 2.37. The molecule has 2 aromatic carbocycles. The topological polar surface area (TPSA) is 40.6 Å². The van der Waals surface area contributed by atoms with Gasteiger partial charge in [0.05, 0.1) is 17.1 Å². The van der Waals surface area contributed by atoms with Crippen LogP contribution in [-0.4, -0.2) is 33.0 Å². The molecule has 2 aliphatic rings. The lowest BCUT2D eigenvalue weighted by atomic mass is 10.1. The van der Waals surface area contributed by atoms with E-state index in [-0.39, 0.29) is 0 Å². The lowest BCUT2D eigenvalue weighted by Crippen LogP contribution is -2.35. The van der Waals surface area contributed by atoms with Gasteiger partial charge in [-0.2, -0.15) is 0 Å². The van der Waals surface area contributed by atoms with Crippen LogP contribution in [0.3, 0.4) is 0 Å². The minimum Gasteiger partial charge on any atom is -0.371 e. The van der Waals surface area contributed by atoms with E-state index in [0.29, 0.717) is 11.4 Å². The normalized spacial score (nSPS) is 17.4. The van der Waals surface area contributed by atoms with Gasteiger partial charge >= 0.3 is 0 Å². The summed E-state index contributed by atoms with van der Waals surface area (Å²) in [4.78, 5) is 2.71. The summed E-state index contributed by atoms with van der Waals surface area (Å²) in [7, 11) is -3.57. The molecule has 0 aliphatic carbocycles. The molecule has 4 nitrogen and oxygen atoms in total. The van der Waals surface area contributed by atoms with Gasteiger partial charge in [0.15, 0.2) is 0 Å². The van der Waals surface area contributed by atoms with E-state index < -0.39 is 10.0 Å². The van der Waals surface area contributed by atoms with Crippen molar-refractivity contribution in [3.8, 4) is 0 Å². The third kappa shape index (κ3) is 2.82. The quantitative estimate of drug-likeness (QED) is 0.845. The van der Waals surface area contributed by atoms with Crippen LogP contribution in [0.1, 0.15) is 24.0 Å². The molecular weight excluding hydrogens is 332 g/mol. The van der Waals surface area contributed by atoms with Gasteiger partial charge in [0.25, 0.3) is 10.0 Å². The van der Waals surface area contributed by atoms with Gasteiger partial charge in [-0.3, -0.25) is 4.31 Å². The average Bonchev–Trinajstić information content (AvgIpc) is 3.15. The van der Waals surface area contributed by atoms with E-state index in [0.717, 1.165) is 29.9 Å². The summed E-state index contributed by atoms with van der Waals surface area (Å²) in [5.41, 5.74) is 4.00. The fraction of sp³-hybridized carbons (Fsp3) is 0.300. The summed E-state index contributed by atoms with van der Waals surface area (Å²) in [6.45, 7) is 4.42. The van der Waals surface area contributed by atoms with E-state index in [9.17, 15) is 8.42 Å². The molecule has 5 heteroatoms. The molecule has 0 unspecified atom stereocenters. The molecule has 4 rings (SSSR count). The molecular formula is C20H22N2O2S. The Labute approximate surface area is 149 Å². The highest BCUT2D eigenvalue weighted by atomic mass is 32.2. The van der Waals surface area contributed by atoms with E-state index in [1.54, 1.807) is 12.1 Å². The Morgan fingerprint density at radius 1 is 0.920 bits per heavy atom. The Balaban J connectivity index is 1.76. The molecule has 0 amide bonds. The Kier molecular flexibility index (Phi) is 4.04. The number of benzene rings is 2. The monoisotopic (exact) mass is 354 g/mol. The van der Waals surface area contributed by atoms with E-state index in [4.69, 9.17) is 0 Å². The zero-order valence-electron chi connectivity index (χ0n) is 14.4. The van der Waals surface area contributed by atoms with Gasteiger partial charge in [-0.25, -0.2) is 8.42 Å². The Morgan fingerprint density at radius 3 is 2.32 bits per heavy atom. The second kappa shape index (κ2) is 6.23. The molecule has 0 spiro atoms. The SMILES string of the molecule is Cc1ccc(S(=O)(=O)N2CC=C(N3CCCC3)c3ccccc32)cc1. The van der Waals surface area contributed by atoms with Crippen LogP contribution in [-0.2, 0) is 10.0 Å². The summed E-state index contributed by atoms with van der Waals surface area (Å²) in [5, 5.41) is 0. The van der Waals surface area contributed by atoms with Gasteiger partial charge in [-0.05, 0) is 44.0 Å². The highest BCUT2D eigenvalue weighted by molar-refractivity contribution is 7.92. The van der Waals surface area contributed by atoms with Crippen molar-refractivity contribution < 1.29 is 8.42 Å². The third-order valence-electron chi connectivity index (χ3n) is 4.95. The first-order chi connectivity index (χ1) is 12.1. The first kappa shape index (κ1) is 16.2. The van der Waals surface area contributed by atoms with Crippen LogP contribution in [0.15, 0.2) is 59.5 Å². The minimum atomic E-state index is -3.57. The molecule has 0 aromatic heterocycles. The van der Waals surface area contributed by atoms with Gasteiger partial charge < -0.3 is 4.90 Å². The Bertz CT molecular complexity index is 911.